The van der Waals surface area contributed by atoms with Crippen molar-refractivity contribution >= 4 is 28.6 Å². The molecule has 6 nitrogen and oxygen atoms in total. The molecule has 6 heteroatoms. The molecule has 2 fully saturated rings. The third kappa shape index (κ3) is 6.11. The van der Waals surface area contributed by atoms with Crippen molar-refractivity contribution in [1.82, 2.24) is 9.55 Å². The van der Waals surface area contributed by atoms with Gasteiger partial charge in [-0.1, -0.05) is 68.7 Å². The van der Waals surface area contributed by atoms with Crippen molar-refractivity contribution in [3.05, 3.63) is 83.7 Å². The van der Waals surface area contributed by atoms with E-state index in [0.29, 0.717) is 23.9 Å². The van der Waals surface area contributed by atoms with Gasteiger partial charge in [0, 0.05) is 31.1 Å². The molecule has 224 valence electrons. The van der Waals surface area contributed by atoms with E-state index in [-0.39, 0.29) is 11.9 Å². The first-order valence-corrected chi connectivity index (χ1v) is 15.9. The first kappa shape index (κ1) is 29.2. The van der Waals surface area contributed by atoms with E-state index in [1.165, 1.54) is 12.8 Å². The van der Waals surface area contributed by atoms with Crippen LogP contribution in [0.4, 0.5) is 5.69 Å². The van der Waals surface area contributed by atoms with Crippen LogP contribution in [0.1, 0.15) is 88.0 Å². The van der Waals surface area contributed by atoms with E-state index in [9.17, 15) is 9.59 Å². The van der Waals surface area contributed by atoms with Gasteiger partial charge in [-0.2, -0.15) is 0 Å². The van der Waals surface area contributed by atoms with Gasteiger partial charge in [-0.3, -0.25) is 4.79 Å². The lowest BCUT2D eigenvalue weighted by molar-refractivity contribution is -0.121. The van der Waals surface area contributed by atoms with Crippen LogP contribution < -0.4 is 4.90 Å². The van der Waals surface area contributed by atoms with E-state index in [4.69, 9.17) is 9.72 Å². The molecule has 1 saturated carbocycles. The van der Waals surface area contributed by atoms with Gasteiger partial charge >= 0.3 is 5.97 Å². The Morgan fingerprint density at radius 1 is 1.00 bits per heavy atom. The molecule has 1 aliphatic carbocycles. The number of nitrogens with zero attached hydrogens (tertiary/aromatic N) is 3. The largest absolute Gasteiger partial charge is 0.456 e. The highest BCUT2D eigenvalue weighted by Crippen LogP contribution is 2.40. The van der Waals surface area contributed by atoms with Gasteiger partial charge in [0.1, 0.15) is 11.4 Å². The second-order valence-corrected chi connectivity index (χ2v) is 13.2. The molecule has 4 aromatic rings. The maximum atomic E-state index is 13.4. The average molecular weight is 578 g/mol. The number of amides is 1. The lowest BCUT2D eigenvalue weighted by Gasteiger charge is -2.21. The number of aromatic nitrogens is 2. The second-order valence-electron chi connectivity index (χ2n) is 13.2. The van der Waals surface area contributed by atoms with Crippen molar-refractivity contribution in [1.29, 1.82) is 0 Å². The molecule has 2 atom stereocenters. The van der Waals surface area contributed by atoms with Crippen molar-refractivity contribution < 1.29 is 14.3 Å². The molecule has 1 aliphatic heterocycles. The number of imidazole rings is 1. The number of esters is 1. The highest BCUT2D eigenvalue weighted by atomic mass is 16.6. The standard InChI is InChI=1S/C37H43N3O3/c1-5-6-15-34-38-32-21-20-28(39-24-27-11-7-8-13-30(27)35(39)41)22-33(32)40(34)23-25-16-18-26(19-17-25)29-12-9-10-14-31(29)36(42)43-37(2,3)4/h9-10,12,14,16-22,27,30H,5-8,11,13,15,23-24H2,1-4H3. The third-order valence-corrected chi connectivity index (χ3v) is 8.94. The number of fused-ring (bicyclic) bond motifs is 2. The molecule has 1 saturated heterocycles. The molecular formula is C37H43N3O3. The number of hydrogen-bond acceptors (Lipinski definition) is 4. The number of anilines is 1. The molecule has 43 heavy (non-hydrogen) atoms. The number of rotatable bonds is 8. The van der Waals surface area contributed by atoms with Gasteiger partial charge in [0.15, 0.2) is 0 Å². The van der Waals surface area contributed by atoms with Crippen LogP contribution in [0.15, 0.2) is 66.7 Å². The predicted molar refractivity (Wildman–Crippen MR) is 172 cm³/mol. The van der Waals surface area contributed by atoms with Crippen LogP contribution in [0.2, 0.25) is 0 Å². The van der Waals surface area contributed by atoms with E-state index in [1.807, 2.05) is 49.9 Å². The minimum atomic E-state index is -0.558. The summed E-state index contributed by atoms with van der Waals surface area (Å²) in [6.45, 7) is 9.38. The summed E-state index contributed by atoms with van der Waals surface area (Å²) in [4.78, 5) is 33.4. The molecule has 2 aliphatic rings. The summed E-state index contributed by atoms with van der Waals surface area (Å²) in [5.74, 6) is 1.73. The van der Waals surface area contributed by atoms with Crippen LogP contribution in [0.3, 0.4) is 0 Å². The zero-order chi connectivity index (χ0) is 30.1. The summed E-state index contributed by atoms with van der Waals surface area (Å²) in [5.41, 5.74) is 6.04. The zero-order valence-corrected chi connectivity index (χ0v) is 25.9. The van der Waals surface area contributed by atoms with Gasteiger partial charge in [0.05, 0.1) is 16.6 Å². The van der Waals surface area contributed by atoms with Crippen molar-refractivity contribution in [3.63, 3.8) is 0 Å². The average Bonchev–Trinajstić information content (AvgIpc) is 3.52. The lowest BCUT2D eigenvalue weighted by Crippen LogP contribution is -2.27. The van der Waals surface area contributed by atoms with Gasteiger partial charge in [-0.25, -0.2) is 9.78 Å². The van der Waals surface area contributed by atoms with Crippen molar-refractivity contribution in [2.45, 2.75) is 84.8 Å². The number of carbonyl (C=O) groups is 2. The summed E-state index contributed by atoms with van der Waals surface area (Å²) >= 11 is 0. The monoisotopic (exact) mass is 577 g/mol. The Morgan fingerprint density at radius 3 is 2.51 bits per heavy atom. The minimum Gasteiger partial charge on any atom is -0.456 e. The Kier molecular flexibility index (Phi) is 8.13. The second kappa shape index (κ2) is 12.0. The van der Waals surface area contributed by atoms with Gasteiger partial charge < -0.3 is 14.2 Å². The fourth-order valence-corrected chi connectivity index (χ4v) is 6.76. The molecule has 6 rings (SSSR count). The fourth-order valence-electron chi connectivity index (χ4n) is 6.76. The van der Waals surface area contributed by atoms with Crippen molar-refractivity contribution in [2.24, 2.45) is 11.8 Å². The number of hydrogen-bond donors (Lipinski definition) is 0. The molecule has 2 unspecified atom stereocenters. The Balaban J connectivity index is 1.30. The number of carbonyl (C=O) groups excluding carboxylic acids is 2. The third-order valence-electron chi connectivity index (χ3n) is 8.94. The van der Waals surface area contributed by atoms with Crippen LogP contribution >= 0.6 is 0 Å². The van der Waals surface area contributed by atoms with Crippen LogP contribution in [0, 0.1) is 11.8 Å². The molecule has 2 heterocycles. The quantitative estimate of drug-likeness (QED) is 0.198. The number of aryl methyl sites for hydroxylation is 1. The van der Waals surface area contributed by atoms with E-state index >= 15 is 0 Å². The zero-order valence-electron chi connectivity index (χ0n) is 25.9. The number of benzene rings is 3. The number of ether oxygens (including phenoxy) is 1. The SMILES string of the molecule is CCCCc1nc2ccc(N3CC4CCCCC4C3=O)cc2n1Cc1ccc(-c2ccccc2C(=O)OC(C)(C)C)cc1. The number of unbranched alkanes of at least 4 members (excludes halogenated alkanes) is 1. The first-order chi connectivity index (χ1) is 20.7. The smallest absolute Gasteiger partial charge is 0.339 e. The lowest BCUT2D eigenvalue weighted by atomic mass is 9.81. The summed E-state index contributed by atoms with van der Waals surface area (Å²) in [5, 5.41) is 0. The molecule has 3 aromatic carbocycles. The predicted octanol–water partition coefficient (Wildman–Crippen LogP) is 8.20. The molecule has 0 bridgehead atoms. The van der Waals surface area contributed by atoms with Crippen LogP contribution in [0.5, 0.6) is 0 Å². The topological polar surface area (TPSA) is 64.4 Å². The van der Waals surface area contributed by atoms with E-state index in [1.54, 1.807) is 0 Å². The Bertz CT molecular complexity index is 1630. The van der Waals surface area contributed by atoms with E-state index in [0.717, 1.165) is 77.9 Å². The highest BCUT2D eigenvalue weighted by Gasteiger charge is 2.42. The van der Waals surface area contributed by atoms with E-state index < -0.39 is 5.60 Å². The Hall–Kier alpha value is -3.93. The van der Waals surface area contributed by atoms with E-state index in [2.05, 4.69) is 54.0 Å². The van der Waals surface area contributed by atoms with Crippen LogP contribution in [0.25, 0.3) is 22.2 Å². The molecule has 0 radical (unpaired) electrons. The normalized spacial score (nSPS) is 18.7. The maximum absolute atomic E-state index is 13.4. The molecular weight excluding hydrogens is 534 g/mol. The van der Waals surface area contributed by atoms with Crippen LogP contribution in [-0.2, 0) is 22.5 Å². The fraction of sp³-hybridized carbons (Fsp3) is 0.432. The highest BCUT2D eigenvalue weighted by molar-refractivity contribution is 5.99. The van der Waals surface area contributed by atoms with Gasteiger partial charge in [-0.15, -0.1) is 0 Å². The van der Waals surface area contributed by atoms with Gasteiger partial charge in [0.25, 0.3) is 0 Å². The molecule has 0 spiro atoms. The van der Waals surface area contributed by atoms with Crippen molar-refractivity contribution in [3.8, 4) is 11.1 Å². The Labute approximate surface area is 255 Å². The van der Waals surface area contributed by atoms with Crippen molar-refractivity contribution in [2.75, 3.05) is 11.4 Å². The summed E-state index contributed by atoms with van der Waals surface area (Å²) in [6.07, 6.45) is 7.68. The first-order valence-electron chi connectivity index (χ1n) is 15.9. The van der Waals surface area contributed by atoms with Gasteiger partial charge in [-0.05, 0) is 86.9 Å². The maximum Gasteiger partial charge on any atom is 0.339 e. The summed E-state index contributed by atoms with van der Waals surface area (Å²) in [6, 6.07) is 22.4. The summed E-state index contributed by atoms with van der Waals surface area (Å²) in [7, 11) is 0. The molecule has 1 amide bonds. The minimum absolute atomic E-state index is 0.188. The molecule has 1 aromatic heterocycles. The molecule has 0 N–H and O–H groups in total. The Morgan fingerprint density at radius 2 is 1.77 bits per heavy atom. The van der Waals surface area contributed by atoms with Crippen LogP contribution in [-0.4, -0.2) is 33.6 Å². The van der Waals surface area contributed by atoms with Gasteiger partial charge in [0.2, 0.25) is 5.91 Å². The summed E-state index contributed by atoms with van der Waals surface area (Å²) < 4.78 is 8.00.